The normalized spacial score (nSPS) is 10.6. The molecular formula is C19H18ClN5O4S. The van der Waals surface area contributed by atoms with Crippen molar-refractivity contribution in [2.75, 3.05) is 11.1 Å². The molecule has 1 amide bonds. The van der Waals surface area contributed by atoms with E-state index in [1.807, 2.05) is 11.5 Å². The number of benzene rings is 2. The Kier molecular flexibility index (Phi) is 7.26. The molecular weight excluding hydrogens is 430 g/mol. The largest absolute Gasteiger partial charge is 0.486 e. The minimum atomic E-state index is -0.493. The van der Waals surface area contributed by atoms with E-state index in [1.165, 1.54) is 36.0 Å². The van der Waals surface area contributed by atoms with E-state index in [2.05, 4.69) is 15.5 Å². The number of halogens is 1. The summed E-state index contributed by atoms with van der Waals surface area (Å²) in [6.07, 6.45) is 0. The number of carbonyl (C=O) groups excluding carboxylic acids is 1. The van der Waals surface area contributed by atoms with Crippen LogP contribution in [0.4, 0.5) is 11.4 Å². The van der Waals surface area contributed by atoms with E-state index >= 15 is 0 Å². The highest BCUT2D eigenvalue weighted by Gasteiger charge is 2.14. The molecule has 0 saturated carbocycles. The second-order valence-electron chi connectivity index (χ2n) is 6.03. The van der Waals surface area contributed by atoms with Crippen LogP contribution in [0.5, 0.6) is 5.75 Å². The smallest absolute Gasteiger partial charge is 0.269 e. The maximum Gasteiger partial charge on any atom is 0.269 e. The highest BCUT2D eigenvalue weighted by atomic mass is 35.5. The average molecular weight is 448 g/mol. The van der Waals surface area contributed by atoms with Gasteiger partial charge in [0.1, 0.15) is 12.4 Å². The number of anilines is 1. The van der Waals surface area contributed by atoms with E-state index in [-0.39, 0.29) is 24.0 Å². The van der Waals surface area contributed by atoms with Crippen molar-refractivity contribution in [3.05, 3.63) is 69.5 Å². The van der Waals surface area contributed by atoms with Gasteiger partial charge in [-0.05, 0) is 43.3 Å². The summed E-state index contributed by atoms with van der Waals surface area (Å²) in [5, 5.41) is 22.9. The number of nitrogens with one attached hydrogen (secondary N) is 1. The van der Waals surface area contributed by atoms with E-state index in [0.29, 0.717) is 34.0 Å². The molecule has 11 heteroatoms. The van der Waals surface area contributed by atoms with E-state index < -0.39 is 4.92 Å². The molecule has 0 bridgehead atoms. The van der Waals surface area contributed by atoms with Gasteiger partial charge in [0.05, 0.1) is 10.7 Å². The van der Waals surface area contributed by atoms with Crippen LogP contribution in [-0.2, 0) is 17.9 Å². The second-order valence-corrected chi connectivity index (χ2v) is 7.41. The predicted molar refractivity (Wildman–Crippen MR) is 114 cm³/mol. The Bertz CT molecular complexity index is 1020. The van der Waals surface area contributed by atoms with E-state index in [0.717, 1.165) is 0 Å². The SMILES string of the molecule is CCn1c(COc2ccc(Cl)cc2)nnc1SCC(=O)Nc1ccc([N+](=O)[O-])cc1. The lowest BCUT2D eigenvalue weighted by Gasteiger charge is -2.09. The third-order valence-corrected chi connectivity index (χ3v) is 5.20. The van der Waals surface area contributed by atoms with Gasteiger partial charge in [0.2, 0.25) is 5.91 Å². The van der Waals surface area contributed by atoms with Crippen LogP contribution in [0.2, 0.25) is 5.02 Å². The van der Waals surface area contributed by atoms with Crippen molar-refractivity contribution in [1.29, 1.82) is 0 Å². The van der Waals surface area contributed by atoms with Crippen molar-refractivity contribution in [3.63, 3.8) is 0 Å². The molecule has 3 aromatic rings. The molecule has 0 unspecified atom stereocenters. The summed E-state index contributed by atoms with van der Waals surface area (Å²) < 4.78 is 7.59. The summed E-state index contributed by atoms with van der Waals surface area (Å²) >= 11 is 7.11. The van der Waals surface area contributed by atoms with E-state index in [9.17, 15) is 14.9 Å². The molecule has 0 aliphatic rings. The maximum absolute atomic E-state index is 12.2. The van der Waals surface area contributed by atoms with Gasteiger partial charge in [0.25, 0.3) is 5.69 Å². The van der Waals surface area contributed by atoms with Crippen molar-refractivity contribution >= 4 is 40.6 Å². The van der Waals surface area contributed by atoms with Crippen LogP contribution in [-0.4, -0.2) is 31.3 Å². The van der Waals surface area contributed by atoms with Crippen molar-refractivity contribution < 1.29 is 14.5 Å². The zero-order valence-corrected chi connectivity index (χ0v) is 17.5. The van der Waals surface area contributed by atoms with E-state index in [1.54, 1.807) is 24.3 Å². The van der Waals surface area contributed by atoms with Gasteiger partial charge >= 0.3 is 0 Å². The van der Waals surface area contributed by atoms with Gasteiger partial charge in [-0.3, -0.25) is 14.9 Å². The lowest BCUT2D eigenvalue weighted by molar-refractivity contribution is -0.384. The minimum absolute atomic E-state index is 0.0354. The van der Waals surface area contributed by atoms with Crippen LogP contribution < -0.4 is 10.1 Å². The van der Waals surface area contributed by atoms with Crippen molar-refractivity contribution in [2.45, 2.75) is 25.2 Å². The van der Waals surface area contributed by atoms with Gasteiger partial charge in [0, 0.05) is 29.4 Å². The highest BCUT2D eigenvalue weighted by Crippen LogP contribution is 2.21. The van der Waals surface area contributed by atoms with Crippen molar-refractivity contribution in [1.82, 2.24) is 14.8 Å². The fourth-order valence-corrected chi connectivity index (χ4v) is 3.47. The summed E-state index contributed by atoms with van der Waals surface area (Å²) in [6, 6.07) is 12.7. The summed E-state index contributed by atoms with van der Waals surface area (Å²) in [5.41, 5.74) is 0.451. The first kappa shape index (κ1) is 21.6. The zero-order chi connectivity index (χ0) is 21.5. The second kappa shape index (κ2) is 10.1. The summed E-state index contributed by atoms with van der Waals surface area (Å²) in [7, 11) is 0. The molecule has 0 aliphatic heterocycles. The maximum atomic E-state index is 12.2. The van der Waals surface area contributed by atoms with Crippen molar-refractivity contribution in [3.8, 4) is 5.75 Å². The number of rotatable bonds is 9. The number of nitro benzene ring substituents is 1. The first-order valence-corrected chi connectivity index (χ1v) is 10.3. The molecule has 9 nitrogen and oxygen atoms in total. The zero-order valence-electron chi connectivity index (χ0n) is 15.9. The molecule has 3 rings (SSSR count). The predicted octanol–water partition coefficient (Wildman–Crippen LogP) is 4.17. The standard InChI is InChI=1S/C19H18ClN5O4S/c1-2-24-17(11-29-16-9-3-13(20)4-10-16)22-23-19(24)30-12-18(26)21-14-5-7-15(8-6-14)25(27)28/h3-10H,2,11-12H2,1H3,(H,21,26). The molecule has 0 spiro atoms. The van der Waals surface area contributed by atoms with Gasteiger partial charge in [-0.25, -0.2) is 0 Å². The van der Waals surface area contributed by atoms with Crippen LogP contribution >= 0.6 is 23.4 Å². The number of aromatic nitrogens is 3. The fourth-order valence-electron chi connectivity index (χ4n) is 2.52. The number of hydrogen-bond acceptors (Lipinski definition) is 7. The number of thioether (sulfide) groups is 1. The van der Waals surface area contributed by atoms with Crippen LogP contribution in [0.1, 0.15) is 12.7 Å². The number of amides is 1. The lowest BCUT2D eigenvalue weighted by atomic mass is 10.3. The number of nitro groups is 1. The highest BCUT2D eigenvalue weighted by molar-refractivity contribution is 7.99. The number of ether oxygens (including phenoxy) is 1. The number of nitrogens with zero attached hydrogens (tertiary/aromatic N) is 4. The Morgan fingerprint density at radius 2 is 1.90 bits per heavy atom. The van der Waals surface area contributed by atoms with Gasteiger partial charge in [-0.1, -0.05) is 23.4 Å². The number of hydrogen-bond donors (Lipinski definition) is 1. The molecule has 1 N–H and O–H groups in total. The lowest BCUT2D eigenvalue weighted by Crippen LogP contribution is -2.15. The summed E-state index contributed by atoms with van der Waals surface area (Å²) in [4.78, 5) is 22.4. The monoisotopic (exact) mass is 447 g/mol. The third-order valence-electron chi connectivity index (χ3n) is 3.99. The van der Waals surface area contributed by atoms with Crippen LogP contribution in [0.25, 0.3) is 0 Å². The Balaban J connectivity index is 1.55. The van der Waals surface area contributed by atoms with Gasteiger partial charge in [-0.2, -0.15) is 0 Å². The van der Waals surface area contributed by atoms with Crippen LogP contribution in [0.15, 0.2) is 53.7 Å². The quantitative estimate of drug-likeness (QED) is 0.297. The molecule has 0 saturated heterocycles. The molecule has 1 aromatic heterocycles. The topological polar surface area (TPSA) is 112 Å². The first-order chi connectivity index (χ1) is 14.5. The fraction of sp³-hybridized carbons (Fsp3) is 0.211. The van der Waals surface area contributed by atoms with Gasteiger partial charge in [-0.15, -0.1) is 10.2 Å². The molecule has 30 heavy (non-hydrogen) atoms. The Morgan fingerprint density at radius 3 is 2.53 bits per heavy atom. The molecule has 0 fully saturated rings. The average Bonchev–Trinajstić information content (AvgIpc) is 3.14. The number of non-ortho nitro benzene ring substituents is 1. The summed E-state index contributed by atoms with van der Waals surface area (Å²) in [5.74, 6) is 1.18. The summed E-state index contributed by atoms with van der Waals surface area (Å²) in [6.45, 7) is 2.81. The number of carbonyl (C=O) groups is 1. The Labute approximate surface area is 181 Å². The van der Waals surface area contributed by atoms with Gasteiger partial charge in [0.15, 0.2) is 11.0 Å². The molecule has 0 aliphatic carbocycles. The molecule has 1 heterocycles. The van der Waals surface area contributed by atoms with Crippen LogP contribution in [0, 0.1) is 10.1 Å². The molecule has 0 radical (unpaired) electrons. The molecule has 0 atom stereocenters. The Morgan fingerprint density at radius 1 is 1.20 bits per heavy atom. The first-order valence-electron chi connectivity index (χ1n) is 8.94. The molecule has 156 valence electrons. The minimum Gasteiger partial charge on any atom is -0.486 e. The van der Waals surface area contributed by atoms with E-state index in [4.69, 9.17) is 16.3 Å². The molecule has 2 aromatic carbocycles. The van der Waals surface area contributed by atoms with Gasteiger partial charge < -0.3 is 14.6 Å². The Hall–Kier alpha value is -3.11. The van der Waals surface area contributed by atoms with Crippen LogP contribution in [0.3, 0.4) is 0 Å². The third kappa shape index (κ3) is 5.71. The van der Waals surface area contributed by atoms with Crippen molar-refractivity contribution in [2.24, 2.45) is 0 Å².